The molecule has 0 bridgehead atoms. The number of rotatable bonds is 5. The van der Waals surface area contributed by atoms with Crippen LogP contribution in [0, 0.1) is 0 Å². The summed E-state index contributed by atoms with van der Waals surface area (Å²) in [6.07, 6.45) is 3.69. The summed E-state index contributed by atoms with van der Waals surface area (Å²) in [6.45, 7) is 2.21. The molecule has 0 amide bonds. The highest BCUT2D eigenvalue weighted by atomic mass is 19.2. The molecule has 1 rings (SSSR count). The van der Waals surface area contributed by atoms with Crippen molar-refractivity contribution >= 4 is 6.29 Å². The number of hydrogen-bond donors (Lipinski definition) is 0. The molecule has 0 aliphatic heterocycles. The van der Waals surface area contributed by atoms with Crippen LogP contribution < -0.4 is 0 Å². The van der Waals surface area contributed by atoms with Crippen LogP contribution in [0.3, 0.4) is 0 Å². The van der Waals surface area contributed by atoms with E-state index in [-0.39, 0.29) is 12.2 Å². The van der Waals surface area contributed by atoms with E-state index in [1.54, 1.807) is 0 Å². The van der Waals surface area contributed by atoms with Crippen molar-refractivity contribution in [2.75, 3.05) is 6.61 Å². The van der Waals surface area contributed by atoms with Gasteiger partial charge in [-0.25, -0.2) is 8.78 Å². The Kier molecular flexibility index (Phi) is 4.15. The number of allylic oxidation sites excluding steroid dienone is 2. The van der Waals surface area contributed by atoms with Gasteiger partial charge in [0.2, 0.25) is 5.85 Å². The van der Waals surface area contributed by atoms with Gasteiger partial charge in [-0.3, -0.25) is 4.79 Å². The molecule has 0 N–H and O–H groups in total. The molecule has 0 aromatic heterocycles. The molecule has 4 heteroatoms. The summed E-state index contributed by atoms with van der Waals surface area (Å²) < 4.78 is 31.8. The van der Waals surface area contributed by atoms with E-state index in [2.05, 4.69) is 0 Å². The highest BCUT2D eigenvalue weighted by Gasteiger charge is 2.32. The topological polar surface area (TPSA) is 26.3 Å². The molecule has 0 aromatic carbocycles. The number of alkyl halides is 1. The third-order valence-corrected chi connectivity index (χ3v) is 2.19. The zero-order valence-electron chi connectivity index (χ0n) is 8.63. The molecule has 0 saturated carbocycles. The molecular formula is C11H14F2O2. The number of aldehydes is 1. The SMILES string of the molecule is CCCCOC1(F)C=CC(C=O)=C(F)C1. The van der Waals surface area contributed by atoms with Crippen molar-refractivity contribution in [3.8, 4) is 0 Å². The molecule has 0 radical (unpaired) electrons. The second kappa shape index (κ2) is 5.16. The molecule has 1 atom stereocenters. The smallest absolute Gasteiger partial charge is 0.235 e. The molecule has 1 aliphatic carbocycles. The van der Waals surface area contributed by atoms with Crippen LogP contribution in [0.4, 0.5) is 8.78 Å². The molecule has 1 aliphatic rings. The van der Waals surface area contributed by atoms with Crippen molar-refractivity contribution in [3.63, 3.8) is 0 Å². The molecule has 2 nitrogen and oxygen atoms in total. The molecule has 0 saturated heterocycles. The lowest BCUT2D eigenvalue weighted by Gasteiger charge is -2.24. The lowest BCUT2D eigenvalue weighted by Crippen LogP contribution is -2.27. The average Bonchev–Trinajstić information content (AvgIpc) is 2.18. The number of hydrogen-bond acceptors (Lipinski definition) is 2. The fourth-order valence-electron chi connectivity index (χ4n) is 1.27. The lowest BCUT2D eigenvalue weighted by molar-refractivity contribution is -0.111. The molecule has 0 aromatic rings. The fraction of sp³-hybridized carbons (Fsp3) is 0.545. The third-order valence-electron chi connectivity index (χ3n) is 2.19. The summed E-state index contributed by atoms with van der Waals surface area (Å²) in [4.78, 5) is 10.3. The highest BCUT2D eigenvalue weighted by molar-refractivity contribution is 5.78. The first-order chi connectivity index (χ1) is 7.11. The Morgan fingerprint density at radius 1 is 1.67 bits per heavy atom. The molecule has 15 heavy (non-hydrogen) atoms. The number of carbonyl (C=O) groups is 1. The van der Waals surface area contributed by atoms with Crippen LogP contribution in [0.1, 0.15) is 26.2 Å². The second-order valence-electron chi connectivity index (χ2n) is 3.48. The van der Waals surface area contributed by atoms with Gasteiger partial charge in [0.1, 0.15) is 5.83 Å². The van der Waals surface area contributed by atoms with Gasteiger partial charge in [0.05, 0.1) is 13.0 Å². The first-order valence-corrected chi connectivity index (χ1v) is 4.97. The van der Waals surface area contributed by atoms with Crippen molar-refractivity contribution in [1.29, 1.82) is 0 Å². The minimum atomic E-state index is -2.09. The summed E-state index contributed by atoms with van der Waals surface area (Å²) in [5.74, 6) is -2.85. The van der Waals surface area contributed by atoms with Crippen LogP contribution in [0.25, 0.3) is 0 Å². The Morgan fingerprint density at radius 2 is 2.40 bits per heavy atom. The molecule has 0 fully saturated rings. The molecule has 0 spiro atoms. The van der Waals surface area contributed by atoms with E-state index in [4.69, 9.17) is 4.74 Å². The van der Waals surface area contributed by atoms with E-state index < -0.39 is 18.1 Å². The number of ether oxygens (including phenoxy) is 1. The normalized spacial score (nSPS) is 25.8. The van der Waals surface area contributed by atoms with Crippen LogP contribution in [0.15, 0.2) is 23.6 Å². The monoisotopic (exact) mass is 216 g/mol. The van der Waals surface area contributed by atoms with E-state index in [1.807, 2.05) is 6.92 Å². The lowest BCUT2D eigenvalue weighted by atomic mass is 10.0. The van der Waals surface area contributed by atoms with Gasteiger partial charge in [-0.05, 0) is 18.6 Å². The summed E-state index contributed by atoms with van der Waals surface area (Å²) in [6, 6.07) is 0. The van der Waals surface area contributed by atoms with Crippen molar-refractivity contribution in [2.45, 2.75) is 32.0 Å². The van der Waals surface area contributed by atoms with Crippen molar-refractivity contribution in [2.24, 2.45) is 0 Å². The van der Waals surface area contributed by atoms with Crippen molar-refractivity contribution < 1.29 is 18.3 Å². The Balaban J connectivity index is 2.57. The van der Waals surface area contributed by atoms with Gasteiger partial charge in [0, 0.05) is 5.57 Å². The first-order valence-electron chi connectivity index (χ1n) is 4.97. The minimum absolute atomic E-state index is 0.109. The predicted octanol–water partition coefficient (Wildman–Crippen LogP) is 2.85. The summed E-state index contributed by atoms with van der Waals surface area (Å²) in [7, 11) is 0. The van der Waals surface area contributed by atoms with Gasteiger partial charge in [-0.2, -0.15) is 0 Å². The van der Waals surface area contributed by atoms with Gasteiger partial charge in [0.15, 0.2) is 6.29 Å². The quantitative estimate of drug-likeness (QED) is 0.521. The predicted molar refractivity (Wildman–Crippen MR) is 52.7 cm³/mol. The minimum Gasteiger partial charge on any atom is -0.342 e. The van der Waals surface area contributed by atoms with Crippen LogP contribution in [-0.2, 0) is 9.53 Å². The Hall–Kier alpha value is -1.03. The summed E-state index contributed by atoms with van der Waals surface area (Å²) in [5, 5.41) is 0. The maximum atomic E-state index is 13.8. The third kappa shape index (κ3) is 3.23. The van der Waals surface area contributed by atoms with Gasteiger partial charge in [-0.1, -0.05) is 13.3 Å². The van der Waals surface area contributed by atoms with E-state index in [1.165, 1.54) is 0 Å². The van der Waals surface area contributed by atoms with Crippen LogP contribution in [0.2, 0.25) is 0 Å². The van der Waals surface area contributed by atoms with E-state index >= 15 is 0 Å². The van der Waals surface area contributed by atoms with Gasteiger partial charge in [-0.15, -0.1) is 0 Å². The Bertz CT molecular complexity index is 297. The summed E-state index contributed by atoms with van der Waals surface area (Å²) >= 11 is 0. The zero-order valence-corrected chi connectivity index (χ0v) is 8.63. The average molecular weight is 216 g/mol. The van der Waals surface area contributed by atoms with E-state index in [0.717, 1.165) is 25.0 Å². The fourth-order valence-corrected chi connectivity index (χ4v) is 1.27. The molecule has 0 heterocycles. The van der Waals surface area contributed by atoms with Crippen molar-refractivity contribution in [3.05, 3.63) is 23.6 Å². The molecular weight excluding hydrogens is 202 g/mol. The maximum absolute atomic E-state index is 13.8. The maximum Gasteiger partial charge on any atom is 0.235 e. The molecule has 84 valence electrons. The van der Waals surface area contributed by atoms with Crippen LogP contribution >= 0.6 is 0 Å². The number of unbranched alkanes of at least 4 members (excludes halogenated alkanes) is 1. The van der Waals surface area contributed by atoms with Gasteiger partial charge >= 0.3 is 0 Å². The second-order valence-corrected chi connectivity index (χ2v) is 3.48. The summed E-state index contributed by atoms with van der Waals surface area (Å²) in [5.41, 5.74) is -0.109. The van der Waals surface area contributed by atoms with Crippen LogP contribution in [0.5, 0.6) is 0 Å². The largest absolute Gasteiger partial charge is 0.342 e. The zero-order chi connectivity index (χ0) is 11.3. The first kappa shape index (κ1) is 12.0. The van der Waals surface area contributed by atoms with Gasteiger partial charge in [0.25, 0.3) is 0 Å². The van der Waals surface area contributed by atoms with Gasteiger partial charge < -0.3 is 4.74 Å². The number of carbonyl (C=O) groups excluding carboxylic acids is 1. The standard InChI is InChI=1S/C11H14F2O2/c1-2-3-6-15-11(13)5-4-9(8-14)10(12)7-11/h4-5,8H,2-3,6-7H2,1H3. The number of halogens is 2. The Morgan fingerprint density at radius 3 is 2.93 bits per heavy atom. The highest BCUT2D eigenvalue weighted by Crippen LogP contribution is 2.31. The van der Waals surface area contributed by atoms with E-state index in [9.17, 15) is 13.6 Å². The van der Waals surface area contributed by atoms with Crippen molar-refractivity contribution in [1.82, 2.24) is 0 Å². The Labute approximate surface area is 87.6 Å². The molecule has 1 unspecified atom stereocenters. The van der Waals surface area contributed by atoms with Crippen LogP contribution in [-0.4, -0.2) is 18.7 Å². The van der Waals surface area contributed by atoms with E-state index in [0.29, 0.717) is 6.29 Å².